The fraction of sp³-hybridized carbons (Fsp3) is 0.462. The summed E-state index contributed by atoms with van der Waals surface area (Å²) in [4.78, 5) is 10.9. The van der Waals surface area contributed by atoms with Gasteiger partial charge in [-0.05, 0) is 19.0 Å². The van der Waals surface area contributed by atoms with Crippen LogP contribution in [0, 0.1) is 0 Å². The van der Waals surface area contributed by atoms with E-state index in [2.05, 4.69) is 5.32 Å². The summed E-state index contributed by atoms with van der Waals surface area (Å²) < 4.78 is 10.7. The molecule has 1 saturated heterocycles. The van der Waals surface area contributed by atoms with Crippen molar-refractivity contribution < 1.29 is 14.3 Å². The predicted octanol–water partition coefficient (Wildman–Crippen LogP) is 1.59. The van der Waals surface area contributed by atoms with Crippen molar-refractivity contribution in [2.45, 2.75) is 12.3 Å². The maximum Gasteiger partial charge on any atom is 0.171 e. The Morgan fingerprint density at radius 1 is 1.29 bits per heavy atom. The normalized spacial score (nSPS) is 19.1. The van der Waals surface area contributed by atoms with E-state index < -0.39 is 0 Å². The fourth-order valence-corrected chi connectivity index (χ4v) is 2.35. The van der Waals surface area contributed by atoms with Crippen molar-refractivity contribution in [2.75, 3.05) is 27.3 Å². The molecule has 4 heteroatoms. The van der Waals surface area contributed by atoms with Crippen LogP contribution in [0.5, 0.6) is 11.5 Å². The molecule has 0 aliphatic carbocycles. The first-order valence-corrected chi connectivity index (χ1v) is 5.72. The molecule has 0 saturated carbocycles. The van der Waals surface area contributed by atoms with E-state index in [1.165, 1.54) is 0 Å². The monoisotopic (exact) mass is 235 g/mol. The van der Waals surface area contributed by atoms with Crippen LogP contribution in [0.2, 0.25) is 0 Å². The first-order chi connectivity index (χ1) is 8.31. The zero-order valence-electron chi connectivity index (χ0n) is 10.2. The van der Waals surface area contributed by atoms with Gasteiger partial charge in [0.25, 0.3) is 0 Å². The second-order valence-corrected chi connectivity index (χ2v) is 4.12. The van der Waals surface area contributed by atoms with E-state index in [1.807, 2.05) is 6.07 Å². The van der Waals surface area contributed by atoms with E-state index in [4.69, 9.17) is 9.47 Å². The molecule has 1 unspecified atom stereocenters. The average molecular weight is 235 g/mol. The number of carbonyl (C=O) groups is 1. The lowest BCUT2D eigenvalue weighted by molar-refractivity contribution is 0.112. The lowest BCUT2D eigenvalue weighted by Gasteiger charge is -2.17. The van der Waals surface area contributed by atoms with Gasteiger partial charge in [0, 0.05) is 18.0 Å². The third-order valence-electron chi connectivity index (χ3n) is 3.21. The zero-order chi connectivity index (χ0) is 12.3. The minimum absolute atomic E-state index is 0.430. The molecule has 1 aliphatic heterocycles. The van der Waals surface area contributed by atoms with Crippen LogP contribution in [0.25, 0.3) is 0 Å². The Balaban J connectivity index is 2.48. The topological polar surface area (TPSA) is 47.6 Å². The Bertz CT molecular complexity index is 411. The third-order valence-corrected chi connectivity index (χ3v) is 3.21. The van der Waals surface area contributed by atoms with Crippen LogP contribution in [-0.4, -0.2) is 33.6 Å². The third kappa shape index (κ3) is 2.13. The van der Waals surface area contributed by atoms with Crippen molar-refractivity contribution in [3.05, 3.63) is 23.3 Å². The van der Waals surface area contributed by atoms with Gasteiger partial charge in [0.05, 0.1) is 19.8 Å². The van der Waals surface area contributed by atoms with Gasteiger partial charge in [-0.2, -0.15) is 0 Å². The average Bonchev–Trinajstić information content (AvgIpc) is 2.90. The van der Waals surface area contributed by atoms with Crippen molar-refractivity contribution in [1.82, 2.24) is 5.32 Å². The zero-order valence-corrected chi connectivity index (χ0v) is 10.2. The molecule has 2 rings (SSSR count). The summed E-state index contributed by atoms with van der Waals surface area (Å²) in [6.45, 7) is 1.96. The molecule has 1 N–H and O–H groups in total. The van der Waals surface area contributed by atoms with Crippen molar-refractivity contribution in [1.29, 1.82) is 0 Å². The van der Waals surface area contributed by atoms with Gasteiger partial charge in [0.1, 0.15) is 0 Å². The Morgan fingerprint density at radius 3 is 2.59 bits per heavy atom. The number of rotatable bonds is 4. The molecule has 1 aromatic rings. The number of carbonyl (C=O) groups excluding carboxylic acids is 1. The summed E-state index contributed by atoms with van der Waals surface area (Å²) in [5.41, 5.74) is 1.64. The quantitative estimate of drug-likeness (QED) is 0.805. The van der Waals surface area contributed by atoms with Crippen molar-refractivity contribution in [3.63, 3.8) is 0 Å². The van der Waals surface area contributed by atoms with Crippen LogP contribution in [0.4, 0.5) is 0 Å². The Hall–Kier alpha value is -1.55. The highest BCUT2D eigenvalue weighted by atomic mass is 16.5. The second-order valence-electron chi connectivity index (χ2n) is 4.12. The Morgan fingerprint density at radius 2 is 2.06 bits per heavy atom. The first-order valence-electron chi connectivity index (χ1n) is 5.72. The van der Waals surface area contributed by atoms with E-state index in [9.17, 15) is 4.79 Å². The van der Waals surface area contributed by atoms with Gasteiger partial charge < -0.3 is 14.8 Å². The van der Waals surface area contributed by atoms with E-state index in [1.54, 1.807) is 20.3 Å². The van der Waals surface area contributed by atoms with Gasteiger partial charge in [0.2, 0.25) is 0 Å². The van der Waals surface area contributed by atoms with Crippen LogP contribution >= 0.6 is 0 Å². The highest BCUT2D eigenvalue weighted by Gasteiger charge is 2.23. The number of hydrogen-bond donors (Lipinski definition) is 1. The van der Waals surface area contributed by atoms with Gasteiger partial charge in [-0.1, -0.05) is 6.07 Å². The molecule has 1 aromatic carbocycles. The standard InChI is InChI=1S/C13H17NO3/c1-16-12-10(8-15)3-4-11(13(12)17-2)9-5-6-14-7-9/h3-4,8-9,14H,5-7H2,1-2H3. The van der Waals surface area contributed by atoms with Crippen molar-refractivity contribution in [3.8, 4) is 11.5 Å². The number of benzene rings is 1. The summed E-state index contributed by atoms with van der Waals surface area (Å²) in [5, 5.41) is 3.32. The fourth-order valence-electron chi connectivity index (χ4n) is 2.35. The van der Waals surface area contributed by atoms with Gasteiger partial charge in [-0.3, -0.25) is 4.79 Å². The van der Waals surface area contributed by atoms with Crippen molar-refractivity contribution in [2.24, 2.45) is 0 Å². The summed E-state index contributed by atoms with van der Waals surface area (Å²) >= 11 is 0. The van der Waals surface area contributed by atoms with Crippen LogP contribution in [0.3, 0.4) is 0 Å². The first kappa shape index (κ1) is 11.9. The number of aldehydes is 1. The number of nitrogens with one attached hydrogen (secondary N) is 1. The minimum Gasteiger partial charge on any atom is -0.493 e. The minimum atomic E-state index is 0.430. The lowest BCUT2D eigenvalue weighted by atomic mass is 9.95. The molecule has 0 aromatic heterocycles. The van der Waals surface area contributed by atoms with E-state index in [0.29, 0.717) is 23.0 Å². The summed E-state index contributed by atoms with van der Waals surface area (Å²) in [5.74, 6) is 1.65. The molecule has 92 valence electrons. The van der Waals surface area contributed by atoms with E-state index in [-0.39, 0.29) is 0 Å². The highest BCUT2D eigenvalue weighted by molar-refractivity contribution is 5.82. The van der Waals surface area contributed by atoms with E-state index >= 15 is 0 Å². The van der Waals surface area contributed by atoms with Gasteiger partial charge in [-0.25, -0.2) is 0 Å². The molecule has 17 heavy (non-hydrogen) atoms. The highest BCUT2D eigenvalue weighted by Crippen LogP contribution is 2.39. The molecule has 0 amide bonds. The van der Waals surface area contributed by atoms with Crippen LogP contribution in [0.1, 0.15) is 28.3 Å². The Kier molecular flexibility index (Phi) is 3.64. The molecular weight excluding hydrogens is 218 g/mol. The molecule has 1 fully saturated rings. The van der Waals surface area contributed by atoms with Crippen molar-refractivity contribution >= 4 is 6.29 Å². The number of methoxy groups -OCH3 is 2. The summed E-state index contributed by atoms with van der Waals surface area (Å²) in [6, 6.07) is 3.75. The molecule has 0 bridgehead atoms. The Labute approximate surface area is 101 Å². The van der Waals surface area contributed by atoms with Crippen LogP contribution in [-0.2, 0) is 0 Å². The number of hydrogen-bond acceptors (Lipinski definition) is 4. The largest absolute Gasteiger partial charge is 0.493 e. The van der Waals surface area contributed by atoms with Crippen LogP contribution < -0.4 is 14.8 Å². The maximum absolute atomic E-state index is 10.9. The molecule has 1 atom stereocenters. The lowest BCUT2D eigenvalue weighted by Crippen LogP contribution is -2.09. The molecule has 1 aliphatic rings. The van der Waals surface area contributed by atoms with E-state index in [0.717, 1.165) is 31.4 Å². The second kappa shape index (κ2) is 5.19. The number of ether oxygens (including phenoxy) is 2. The molecular formula is C13H17NO3. The summed E-state index contributed by atoms with van der Waals surface area (Å²) in [7, 11) is 3.17. The van der Waals surface area contributed by atoms with Gasteiger partial charge in [-0.15, -0.1) is 0 Å². The van der Waals surface area contributed by atoms with Crippen LogP contribution in [0.15, 0.2) is 12.1 Å². The predicted molar refractivity (Wildman–Crippen MR) is 65.2 cm³/mol. The SMILES string of the molecule is COc1c(C=O)ccc(C2CCNC2)c1OC. The van der Waals surface area contributed by atoms with Gasteiger partial charge in [0.15, 0.2) is 17.8 Å². The molecule has 1 heterocycles. The smallest absolute Gasteiger partial charge is 0.171 e. The molecule has 0 spiro atoms. The maximum atomic E-state index is 10.9. The summed E-state index contributed by atoms with van der Waals surface area (Å²) in [6.07, 6.45) is 1.87. The molecule has 0 radical (unpaired) electrons. The molecule has 4 nitrogen and oxygen atoms in total. The van der Waals surface area contributed by atoms with Gasteiger partial charge >= 0.3 is 0 Å².